The van der Waals surface area contributed by atoms with Crippen LogP contribution in [0.2, 0.25) is 0 Å². The van der Waals surface area contributed by atoms with Crippen LogP contribution in [-0.2, 0) is 6.42 Å². The average molecular weight is 162 g/mol. The van der Waals surface area contributed by atoms with E-state index < -0.39 is 0 Å². The van der Waals surface area contributed by atoms with Crippen molar-refractivity contribution < 1.29 is 4.79 Å². The van der Waals surface area contributed by atoms with Crippen molar-refractivity contribution in [1.29, 1.82) is 0 Å². The topological polar surface area (TPSA) is 42.0 Å². The lowest BCUT2D eigenvalue weighted by atomic mass is 10.1. The second-order valence-electron chi connectivity index (χ2n) is 2.97. The second-order valence-corrected chi connectivity index (χ2v) is 2.97. The molecule has 1 aromatic rings. The summed E-state index contributed by atoms with van der Waals surface area (Å²) < 4.78 is 0. The van der Waals surface area contributed by atoms with Crippen LogP contribution in [-0.4, -0.2) is 17.4 Å². The van der Waals surface area contributed by atoms with E-state index in [1.165, 1.54) is 0 Å². The van der Waals surface area contributed by atoms with Gasteiger partial charge in [0.2, 0.25) is 0 Å². The first-order chi connectivity index (χ1) is 5.77. The minimum atomic E-state index is -0.0417. The molecule has 62 valence electrons. The molecule has 0 saturated heterocycles. The zero-order valence-electron chi connectivity index (χ0n) is 6.92. The molecule has 0 unspecified atom stereocenters. The van der Waals surface area contributed by atoms with E-state index in [1.807, 2.05) is 19.1 Å². The summed E-state index contributed by atoms with van der Waals surface area (Å²) in [6.07, 6.45) is 0.897. The number of aromatic nitrogens is 1. The first-order valence-electron chi connectivity index (χ1n) is 4.02. The van der Waals surface area contributed by atoms with Crippen molar-refractivity contribution in [2.45, 2.75) is 13.3 Å². The van der Waals surface area contributed by atoms with Crippen molar-refractivity contribution in [3.05, 3.63) is 29.1 Å². The van der Waals surface area contributed by atoms with E-state index in [0.29, 0.717) is 5.69 Å². The van der Waals surface area contributed by atoms with Crippen LogP contribution >= 0.6 is 0 Å². The van der Waals surface area contributed by atoms with E-state index in [-0.39, 0.29) is 5.91 Å². The third-order valence-electron chi connectivity index (χ3n) is 2.01. The largest absolute Gasteiger partial charge is 0.350 e. The van der Waals surface area contributed by atoms with E-state index in [0.717, 1.165) is 24.2 Å². The van der Waals surface area contributed by atoms with Crippen molar-refractivity contribution in [3.63, 3.8) is 0 Å². The van der Waals surface area contributed by atoms with Crippen LogP contribution in [0.15, 0.2) is 12.1 Å². The number of hydrogen-bond acceptors (Lipinski definition) is 2. The zero-order valence-corrected chi connectivity index (χ0v) is 6.92. The molecule has 0 radical (unpaired) electrons. The monoisotopic (exact) mass is 162 g/mol. The van der Waals surface area contributed by atoms with Gasteiger partial charge in [0.25, 0.3) is 5.91 Å². The lowest BCUT2D eigenvalue weighted by molar-refractivity contribution is 0.0940. The Bertz CT molecular complexity index is 333. The van der Waals surface area contributed by atoms with Crippen molar-refractivity contribution in [2.24, 2.45) is 0 Å². The highest BCUT2D eigenvalue weighted by atomic mass is 16.1. The van der Waals surface area contributed by atoms with Crippen LogP contribution < -0.4 is 5.32 Å². The molecular formula is C9H10N2O. The Balaban J connectivity index is 2.54. The van der Waals surface area contributed by atoms with Gasteiger partial charge in [-0.3, -0.25) is 4.79 Å². The predicted molar refractivity (Wildman–Crippen MR) is 45.0 cm³/mol. The number of pyridine rings is 1. The Morgan fingerprint density at radius 1 is 1.50 bits per heavy atom. The highest BCUT2D eigenvalue weighted by Crippen LogP contribution is 2.11. The van der Waals surface area contributed by atoms with Crippen LogP contribution in [0.4, 0.5) is 0 Å². The van der Waals surface area contributed by atoms with Gasteiger partial charge in [-0.1, -0.05) is 6.07 Å². The molecule has 0 fully saturated rings. The molecule has 3 heteroatoms. The van der Waals surface area contributed by atoms with Crippen LogP contribution in [0.1, 0.15) is 21.7 Å². The van der Waals surface area contributed by atoms with Crippen molar-refractivity contribution in [1.82, 2.24) is 10.3 Å². The number of amides is 1. The van der Waals surface area contributed by atoms with Crippen molar-refractivity contribution >= 4 is 5.91 Å². The summed E-state index contributed by atoms with van der Waals surface area (Å²) in [6.45, 7) is 2.62. The summed E-state index contributed by atoms with van der Waals surface area (Å²) in [7, 11) is 0. The molecule has 0 aromatic carbocycles. The molecule has 0 saturated carbocycles. The maximum absolute atomic E-state index is 11.3. The lowest BCUT2D eigenvalue weighted by Crippen LogP contribution is -2.32. The molecular weight excluding hydrogens is 152 g/mol. The average Bonchev–Trinajstić information content (AvgIpc) is 2.07. The van der Waals surface area contributed by atoms with Gasteiger partial charge in [-0.05, 0) is 25.0 Å². The fourth-order valence-corrected chi connectivity index (χ4v) is 1.38. The normalized spacial score (nSPS) is 15.2. The molecule has 1 aliphatic rings. The molecule has 3 nitrogen and oxygen atoms in total. The highest BCUT2D eigenvalue weighted by molar-refractivity contribution is 5.94. The van der Waals surface area contributed by atoms with Gasteiger partial charge in [0.05, 0.1) is 0 Å². The van der Waals surface area contributed by atoms with Gasteiger partial charge in [0.15, 0.2) is 0 Å². The van der Waals surface area contributed by atoms with Crippen LogP contribution in [0.5, 0.6) is 0 Å². The van der Waals surface area contributed by atoms with Crippen LogP contribution in [0.25, 0.3) is 0 Å². The minimum absolute atomic E-state index is 0.0417. The number of fused-ring (bicyclic) bond motifs is 1. The number of carbonyl (C=O) groups excluding carboxylic acids is 1. The van der Waals surface area contributed by atoms with Gasteiger partial charge >= 0.3 is 0 Å². The lowest BCUT2D eigenvalue weighted by Gasteiger charge is -2.14. The van der Waals surface area contributed by atoms with Gasteiger partial charge < -0.3 is 5.32 Å². The van der Waals surface area contributed by atoms with E-state index in [1.54, 1.807) is 0 Å². The quantitative estimate of drug-likeness (QED) is 0.609. The number of nitrogens with one attached hydrogen (secondary N) is 1. The van der Waals surface area contributed by atoms with E-state index in [2.05, 4.69) is 10.3 Å². The summed E-state index contributed by atoms with van der Waals surface area (Å²) in [6, 6.07) is 3.92. The molecule has 1 aromatic heterocycles. The third-order valence-corrected chi connectivity index (χ3v) is 2.01. The number of hydrogen-bond donors (Lipinski definition) is 1. The van der Waals surface area contributed by atoms with Gasteiger partial charge in [0.1, 0.15) is 5.69 Å². The Labute approximate surface area is 70.8 Å². The molecule has 0 atom stereocenters. The molecule has 0 aliphatic carbocycles. The van der Waals surface area contributed by atoms with Crippen molar-refractivity contribution in [2.75, 3.05) is 6.54 Å². The molecule has 0 bridgehead atoms. The summed E-state index contributed by atoms with van der Waals surface area (Å²) in [5, 5.41) is 2.76. The number of rotatable bonds is 0. The van der Waals surface area contributed by atoms with E-state index in [9.17, 15) is 4.79 Å². The maximum atomic E-state index is 11.3. The van der Waals surface area contributed by atoms with E-state index >= 15 is 0 Å². The SMILES string of the molecule is Cc1ccc2c(n1)C(=O)NCC2. The Morgan fingerprint density at radius 2 is 2.33 bits per heavy atom. The van der Waals surface area contributed by atoms with Gasteiger partial charge in [-0.2, -0.15) is 0 Å². The third kappa shape index (κ3) is 1.07. The fourth-order valence-electron chi connectivity index (χ4n) is 1.38. The van der Waals surface area contributed by atoms with Gasteiger partial charge in [0, 0.05) is 12.2 Å². The minimum Gasteiger partial charge on any atom is -0.350 e. The number of carbonyl (C=O) groups is 1. The Morgan fingerprint density at radius 3 is 3.17 bits per heavy atom. The molecule has 1 N–H and O–H groups in total. The Hall–Kier alpha value is -1.38. The first kappa shape index (κ1) is 7.28. The van der Waals surface area contributed by atoms with E-state index in [4.69, 9.17) is 0 Å². The Kier molecular flexibility index (Phi) is 1.57. The molecule has 1 amide bonds. The van der Waals surface area contributed by atoms with Crippen LogP contribution in [0.3, 0.4) is 0 Å². The summed E-state index contributed by atoms with van der Waals surface area (Å²) >= 11 is 0. The number of aryl methyl sites for hydroxylation is 1. The number of nitrogens with zero attached hydrogens (tertiary/aromatic N) is 1. The maximum Gasteiger partial charge on any atom is 0.270 e. The summed E-state index contributed by atoms with van der Waals surface area (Å²) in [4.78, 5) is 15.4. The predicted octanol–water partition coefficient (Wildman–Crippen LogP) is 0.676. The van der Waals surface area contributed by atoms with Crippen molar-refractivity contribution in [3.8, 4) is 0 Å². The van der Waals surface area contributed by atoms with Gasteiger partial charge in [-0.15, -0.1) is 0 Å². The van der Waals surface area contributed by atoms with Gasteiger partial charge in [-0.25, -0.2) is 4.98 Å². The molecule has 0 spiro atoms. The summed E-state index contributed by atoms with van der Waals surface area (Å²) in [5.74, 6) is -0.0417. The molecule has 1 aliphatic heterocycles. The van der Waals surface area contributed by atoms with Crippen LogP contribution in [0, 0.1) is 6.92 Å². The molecule has 2 rings (SSSR count). The second kappa shape index (κ2) is 2.59. The fraction of sp³-hybridized carbons (Fsp3) is 0.333. The molecule has 12 heavy (non-hydrogen) atoms. The zero-order chi connectivity index (χ0) is 8.55. The molecule has 2 heterocycles. The standard InChI is InChI=1S/C9H10N2O/c1-6-2-3-7-4-5-10-9(12)8(7)11-6/h2-3H,4-5H2,1H3,(H,10,12). The highest BCUT2D eigenvalue weighted by Gasteiger charge is 2.17. The first-order valence-corrected chi connectivity index (χ1v) is 4.02. The summed E-state index contributed by atoms with van der Waals surface area (Å²) in [5.41, 5.74) is 2.55. The smallest absolute Gasteiger partial charge is 0.270 e.